The van der Waals surface area contributed by atoms with Gasteiger partial charge in [0, 0.05) is 18.7 Å². The highest BCUT2D eigenvalue weighted by Crippen LogP contribution is 2.25. The van der Waals surface area contributed by atoms with Gasteiger partial charge in [-0.1, -0.05) is 36.4 Å². The smallest absolute Gasteiger partial charge is 0.314 e. The Hall–Kier alpha value is -4.07. The van der Waals surface area contributed by atoms with Gasteiger partial charge in [-0.3, -0.25) is 9.59 Å². The number of rotatable bonds is 4. The number of benzene rings is 3. The molecule has 3 aromatic carbocycles. The van der Waals surface area contributed by atoms with Gasteiger partial charge in [0.25, 0.3) is 5.91 Å². The van der Waals surface area contributed by atoms with Crippen LogP contribution < -0.4 is 4.74 Å². The minimum atomic E-state index is -0.266. The zero-order valence-electron chi connectivity index (χ0n) is 17.3. The zero-order chi connectivity index (χ0) is 21.9. The van der Waals surface area contributed by atoms with Crippen LogP contribution in [-0.4, -0.2) is 50.1 Å². The maximum absolute atomic E-state index is 13.1. The molecule has 0 N–H and O–H groups in total. The maximum atomic E-state index is 13.1. The Morgan fingerprint density at radius 2 is 1.66 bits per heavy atom. The minimum absolute atomic E-state index is 0.00630. The van der Waals surface area contributed by atoms with Crippen molar-refractivity contribution in [1.29, 1.82) is 0 Å². The van der Waals surface area contributed by atoms with Gasteiger partial charge in [-0.05, 0) is 64.4 Å². The molecule has 0 atom stereocenters. The van der Waals surface area contributed by atoms with Gasteiger partial charge in [0.2, 0.25) is 0 Å². The van der Waals surface area contributed by atoms with Gasteiger partial charge in [-0.25, -0.2) is 4.68 Å². The van der Waals surface area contributed by atoms with Crippen LogP contribution in [0.2, 0.25) is 0 Å². The molecule has 0 radical (unpaired) electrons. The molecule has 0 bridgehead atoms. The van der Waals surface area contributed by atoms with Gasteiger partial charge >= 0.3 is 5.97 Å². The van der Waals surface area contributed by atoms with Gasteiger partial charge in [0.1, 0.15) is 12.1 Å². The number of piperidine rings is 1. The first-order valence-electron chi connectivity index (χ1n) is 10.5. The molecule has 160 valence electrons. The van der Waals surface area contributed by atoms with Crippen LogP contribution in [0.15, 0.2) is 73.1 Å². The summed E-state index contributed by atoms with van der Waals surface area (Å²) < 4.78 is 7.08. The lowest BCUT2D eigenvalue weighted by molar-refractivity contribution is -0.140. The molecule has 1 fully saturated rings. The SMILES string of the molecule is O=C(Oc1ccc(-n2cnnn2)cc1)C1CCN(C(=O)c2cccc3ccccc23)CC1. The molecule has 1 aliphatic rings. The fourth-order valence-corrected chi connectivity index (χ4v) is 4.05. The van der Waals surface area contributed by atoms with E-state index in [1.807, 2.05) is 47.4 Å². The third-order valence-electron chi connectivity index (χ3n) is 5.80. The van der Waals surface area contributed by atoms with Crippen molar-refractivity contribution in [1.82, 2.24) is 25.1 Å². The molecular weight excluding hydrogens is 406 g/mol. The Balaban J connectivity index is 1.20. The lowest BCUT2D eigenvalue weighted by Gasteiger charge is -2.31. The molecule has 32 heavy (non-hydrogen) atoms. The number of carbonyl (C=O) groups is 2. The van der Waals surface area contributed by atoms with Crippen molar-refractivity contribution in [2.75, 3.05) is 13.1 Å². The predicted molar refractivity (Wildman–Crippen MR) is 117 cm³/mol. The largest absolute Gasteiger partial charge is 0.426 e. The van der Waals surface area contributed by atoms with Gasteiger partial charge in [0.15, 0.2) is 0 Å². The van der Waals surface area contributed by atoms with E-state index in [0.29, 0.717) is 37.2 Å². The summed E-state index contributed by atoms with van der Waals surface area (Å²) in [5.74, 6) is -0.0175. The van der Waals surface area contributed by atoms with E-state index in [4.69, 9.17) is 4.74 Å². The molecule has 0 saturated carbocycles. The number of nitrogens with zero attached hydrogens (tertiary/aromatic N) is 5. The van der Waals surface area contributed by atoms with E-state index in [0.717, 1.165) is 16.5 Å². The number of amides is 1. The van der Waals surface area contributed by atoms with Crippen molar-refractivity contribution in [3.63, 3.8) is 0 Å². The molecule has 1 saturated heterocycles. The Kier molecular flexibility index (Phi) is 5.33. The average Bonchev–Trinajstić information content (AvgIpc) is 3.39. The topological polar surface area (TPSA) is 90.2 Å². The molecule has 1 aromatic heterocycles. The fourth-order valence-electron chi connectivity index (χ4n) is 4.05. The molecular formula is C24H21N5O3. The van der Waals surface area contributed by atoms with E-state index < -0.39 is 0 Å². The molecule has 1 amide bonds. The summed E-state index contributed by atoms with van der Waals surface area (Å²) in [5, 5.41) is 13.0. The second kappa shape index (κ2) is 8.58. The van der Waals surface area contributed by atoms with Crippen molar-refractivity contribution >= 4 is 22.6 Å². The van der Waals surface area contributed by atoms with E-state index in [1.165, 1.54) is 11.0 Å². The molecule has 1 aliphatic heterocycles. The highest BCUT2D eigenvalue weighted by Gasteiger charge is 2.29. The van der Waals surface area contributed by atoms with Crippen molar-refractivity contribution < 1.29 is 14.3 Å². The summed E-state index contributed by atoms with van der Waals surface area (Å²) >= 11 is 0. The van der Waals surface area contributed by atoms with Crippen molar-refractivity contribution in [3.8, 4) is 11.4 Å². The van der Waals surface area contributed by atoms with E-state index in [9.17, 15) is 9.59 Å². The number of aromatic nitrogens is 4. The summed E-state index contributed by atoms with van der Waals surface area (Å²) in [4.78, 5) is 27.6. The second-order valence-electron chi connectivity index (χ2n) is 7.76. The van der Waals surface area contributed by atoms with Crippen LogP contribution in [0.5, 0.6) is 5.75 Å². The number of hydrogen-bond donors (Lipinski definition) is 0. The molecule has 0 unspecified atom stereocenters. The summed E-state index contributed by atoms with van der Waals surface area (Å²) in [7, 11) is 0. The van der Waals surface area contributed by atoms with E-state index >= 15 is 0 Å². The first-order valence-corrected chi connectivity index (χ1v) is 10.5. The van der Waals surface area contributed by atoms with Crippen LogP contribution in [0.1, 0.15) is 23.2 Å². The zero-order valence-corrected chi connectivity index (χ0v) is 17.3. The standard InChI is InChI=1S/C24H21N5O3/c30-23(22-7-3-5-17-4-1-2-6-21(17)22)28-14-12-18(13-15-28)24(31)32-20-10-8-19(9-11-20)29-16-25-26-27-29/h1-11,16,18H,12-15H2. The highest BCUT2D eigenvalue weighted by atomic mass is 16.5. The van der Waals surface area contributed by atoms with Crippen LogP contribution in [0.4, 0.5) is 0 Å². The van der Waals surface area contributed by atoms with E-state index in [2.05, 4.69) is 15.5 Å². The third kappa shape index (κ3) is 3.94. The van der Waals surface area contributed by atoms with Crippen LogP contribution in [-0.2, 0) is 4.79 Å². The summed E-state index contributed by atoms with van der Waals surface area (Å²) in [6, 6.07) is 20.7. The summed E-state index contributed by atoms with van der Waals surface area (Å²) in [5.41, 5.74) is 1.47. The maximum Gasteiger partial charge on any atom is 0.314 e. The molecule has 0 aliphatic carbocycles. The second-order valence-corrected chi connectivity index (χ2v) is 7.76. The predicted octanol–water partition coefficient (Wildman–Crippen LogP) is 3.27. The molecule has 8 heteroatoms. The van der Waals surface area contributed by atoms with Crippen LogP contribution in [0, 0.1) is 5.92 Å². The fraction of sp³-hybridized carbons (Fsp3) is 0.208. The first kappa shape index (κ1) is 19.9. The first-order chi connectivity index (χ1) is 15.7. The number of likely N-dealkylation sites (tertiary alicyclic amines) is 1. The molecule has 4 aromatic rings. The quantitative estimate of drug-likeness (QED) is 0.367. The highest BCUT2D eigenvalue weighted by molar-refractivity contribution is 6.07. The Bertz CT molecular complexity index is 1240. The van der Waals surface area contributed by atoms with Gasteiger partial charge < -0.3 is 9.64 Å². The van der Waals surface area contributed by atoms with E-state index in [1.54, 1.807) is 24.3 Å². The van der Waals surface area contributed by atoms with Crippen LogP contribution >= 0.6 is 0 Å². The summed E-state index contributed by atoms with van der Waals surface area (Å²) in [6.45, 7) is 1.06. The summed E-state index contributed by atoms with van der Waals surface area (Å²) in [6.07, 6.45) is 2.66. The average molecular weight is 427 g/mol. The minimum Gasteiger partial charge on any atom is -0.426 e. The molecule has 0 spiro atoms. The van der Waals surface area contributed by atoms with Gasteiger partial charge in [-0.2, -0.15) is 0 Å². The third-order valence-corrected chi connectivity index (χ3v) is 5.80. The van der Waals surface area contributed by atoms with Crippen molar-refractivity contribution in [2.45, 2.75) is 12.8 Å². The molecule has 8 nitrogen and oxygen atoms in total. The number of hydrogen-bond acceptors (Lipinski definition) is 6. The monoisotopic (exact) mass is 427 g/mol. The van der Waals surface area contributed by atoms with Crippen LogP contribution in [0.3, 0.4) is 0 Å². The number of carbonyl (C=O) groups excluding carboxylic acids is 2. The van der Waals surface area contributed by atoms with Crippen molar-refractivity contribution in [2.24, 2.45) is 5.92 Å². The Morgan fingerprint density at radius 3 is 2.41 bits per heavy atom. The number of esters is 1. The number of tetrazole rings is 1. The molecule has 2 heterocycles. The van der Waals surface area contributed by atoms with Gasteiger partial charge in [-0.15, -0.1) is 5.10 Å². The Labute approximate surface area is 184 Å². The van der Waals surface area contributed by atoms with Crippen LogP contribution in [0.25, 0.3) is 16.5 Å². The van der Waals surface area contributed by atoms with Gasteiger partial charge in [0.05, 0.1) is 11.6 Å². The normalized spacial score (nSPS) is 14.4. The lowest BCUT2D eigenvalue weighted by atomic mass is 9.95. The number of ether oxygens (including phenoxy) is 1. The van der Waals surface area contributed by atoms with E-state index in [-0.39, 0.29) is 17.8 Å². The Morgan fingerprint density at radius 1 is 0.906 bits per heavy atom. The number of fused-ring (bicyclic) bond motifs is 1. The molecule has 5 rings (SSSR count). The van der Waals surface area contributed by atoms with Crippen molar-refractivity contribution in [3.05, 3.63) is 78.6 Å². The lowest BCUT2D eigenvalue weighted by Crippen LogP contribution is -2.41.